The van der Waals surface area contributed by atoms with Crippen molar-refractivity contribution >= 4 is 27.3 Å². The van der Waals surface area contributed by atoms with Crippen molar-refractivity contribution in [3.8, 4) is 0 Å². The van der Waals surface area contributed by atoms with E-state index in [-0.39, 0.29) is 12.5 Å². The Morgan fingerprint density at radius 1 is 1.50 bits per heavy atom. The van der Waals surface area contributed by atoms with Crippen LogP contribution in [-0.2, 0) is 6.42 Å². The number of hydrogen-bond donors (Lipinski definition) is 2. The first-order chi connectivity index (χ1) is 7.40. The zero-order chi connectivity index (χ0) is 12.2. The first-order valence-electron chi connectivity index (χ1n) is 4.66. The number of nitrogens with two attached hydrogens (primary N) is 1. The minimum Gasteiger partial charge on any atom is -0.271 e. The molecule has 1 unspecified atom stereocenters. The molecule has 0 fully saturated rings. The molecular weight excluding hydrogens is 305 g/mol. The van der Waals surface area contributed by atoms with Crippen LogP contribution in [0.3, 0.4) is 0 Å². The van der Waals surface area contributed by atoms with E-state index < -0.39 is 12.6 Å². The van der Waals surface area contributed by atoms with E-state index >= 15 is 0 Å². The van der Waals surface area contributed by atoms with Crippen LogP contribution in [0.1, 0.15) is 17.7 Å². The second-order valence-corrected chi connectivity index (χ2v) is 5.36. The summed E-state index contributed by atoms with van der Waals surface area (Å²) in [5.41, 5.74) is 2.42. The standard InChI is InChI=1S/C9H12BrF3N2S/c10-6-3-8(16-5-6)4-7(15-14)1-2-9(11,12)13/h3,5,7,15H,1-2,4,14H2. The van der Waals surface area contributed by atoms with Gasteiger partial charge < -0.3 is 0 Å². The molecule has 2 nitrogen and oxygen atoms in total. The summed E-state index contributed by atoms with van der Waals surface area (Å²) in [7, 11) is 0. The van der Waals surface area contributed by atoms with E-state index in [9.17, 15) is 13.2 Å². The van der Waals surface area contributed by atoms with Gasteiger partial charge in [0, 0.05) is 27.2 Å². The lowest BCUT2D eigenvalue weighted by atomic mass is 10.1. The second-order valence-electron chi connectivity index (χ2n) is 3.45. The molecule has 16 heavy (non-hydrogen) atoms. The molecule has 1 heterocycles. The lowest BCUT2D eigenvalue weighted by Crippen LogP contribution is -2.37. The first-order valence-corrected chi connectivity index (χ1v) is 6.34. The van der Waals surface area contributed by atoms with Crippen LogP contribution >= 0.6 is 27.3 Å². The summed E-state index contributed by atoms with van der Waals surface area (Å²) in [5, 5.41) is 1.90. The number of thiophene rings is 1. The molecule has 0 spiro atoms. The zero-order valence-electron chi connectivity index (χ0n) is 8.35. The molecule has 92 valence electrons. The molecule has 0 aliphatic heterocycles. The van der Waals surface area contributed by atoms with Crippen LogP contribution in [0.5, 0.6) is 0 Å². The molecule has 1 aromatic heterocycles. The average Bonchev–Trinajstić information content (AvgIpc) is 2.57. The summed E-state index contributed by atoms with van der Waals surface area (Å²) in [6.07, 6.45) is -4.42. The van der Waals surface area contributed by atoms with Crippen LogP contribution in [0.15, 0.2) is 15.9 Å². The minimum absolute atomic E-state index is 0.00445. The van der Waals surface area contributed by atoms with Crippen LogP contribution in [0.4, 0.5) is 13.2 Å². The van der Waals surface area contributed by atoms with Crippen molar-refractivity contribution in [2.45, 2.75) is 31.5 Å². The summed E-state index contributed by atoms with van der Waals surface area (Å²) < 4.78 is 37.0. The van der Waals surface area contributed by atoms with Crippen LogP contribution in [-0.4, -0.2) is 12.2 Å². The monoisotopic (exact) mass is 316 g/mol. The minimum atomic E-state index is -4.12. The Labute approximate surface area is 104 Å². The fourth-order valence-corrected chi connectivity index (χ4v) is 2.82. The van der Waals surface area contributed by atoms with E-state index in [0.717, 1.165) is 9.35 Å². The van der Waals surface area contributed by atoms with Gasteiger partial charge in [0.1, 0.15) is 0 Å². The smallest absolute Gasteiger partial charge is 0.271 e. The average molecular weight is 317 g/mol. The van der Waals surface area contributed by atoms with Gasteiger partial charge in [-0.3, -0.25) is 11.3 Å². The second kappa shape index (κ2) is 6.00. The topological polar surface area (TPSA) is 38.0 Å². The van der Waals surface area contributed by atoms with Crippen molar-refractivity contribution in [2.24, 2.45) is 5.84 Å². The summed E-state index contributed by atoms with van der Waals surface area (Å²) in [5.74, 6) is 5.23. The molecule has 1 rings (SSSR count). The van der Waals surface area contributed by atoms with Gasteiger partial charge in [0.15, 0.2) is 0 Å². The van der Waals surface area contributed by atoms with E-state index in [0.29, 0.717) is 6.42 Å². The van der Waals surface area contributed by atoms with Gasteiger partial charge in [0.2, 0.25) is 0 Å². The Kier molecular flexibility index (Phi) is 5.23. The third kappa shape index (κ3) is 5.29. The summed E-state index contributed by atoms with van der Waals surface area (Å²) in [6.45, 7) is 0. The van der Waals surface area contributed by atoms with Gasteiger partial charge in [-0.15, -0.1) is 11.3 Å². The maximum atomic E-state index is 12.0. The zero-order valence-corrected chi connectivity index (χ0v) is 10.8. The van der Waals surface area contributed by atoms with E-state index in [1.165, 1.54) is 11.3 Å². The molecule has 0 amide bonds. The quantitative estimate of drug-likeness (QED) is 0.646. The molecule has 0 bridgehead atoms. The largest absolute Gasteiger partial charge is 0.389 e. The molecule has 0 radical (unpaired) electrons. The number of rotatable bonds is 5. The molecule has 1 atom stereocenters. The maximum absolute atomic E-state index is 12.0. The number of alkyl halides is 3. The van der Waals surface area contributed by atoms with E-state index in [4.69, 9.17) is 5.84 Å². The van der Waals surface area contributed by atoms with E-state index in [1.807, 2.05) is 11.4 Å². The fourth-order valence-electron chi connectivity index (χ4n) is 1.29. The Morgan fingerprint density at radius 2 is 2.19 bits per heavy atom. The molecule has 0 aromatic carbocycles. The lowest BCUT2D eigenvalue weighted by molar-refractivity contribution is -0.136. The molecule has 0 saturated carbocycles. The molecule has 3 N–H and O–H groups in total. The van der Waals surface area contributed by atoms with Crippen LogP contribution in [0.25, 0.3) is 0 Å². The van der Waals surface area contributed by atoms with Gasteiger partial charge in [0.05, 0.1) is 0 Å². The Hall–Kier alpha value is -0.110. The number of nitrogens with one attached hydrogen (secondary N) is 1. The maximum Gasteiger partial charge on any atom is 0.389 e. The Bertz CT molecular complexity index is 327. The number of hydrogen-bond acceptors (Lipinski definition) is 3. The van der Waals surface area contributed by atoms with Crippen molar-refractivity contribution in [2.75, 3.05) is 0 Å². The third-order valence-corrected chi connectivity index (χ3v) is 3.80. The Balaban J connectivity index is 2.43. The number of halogens is 4. The lowest BCUT2D eigenvalue weighted by Gasteiger charge is -2.15. The Morgan fingerprint density at radius 3 is 2.62 bits per heavy atom. The highest BCUT2D eigenvalue weighted by Crippen LogP contribution is 2.25. The van der Waals surface area contributed by atoms with Gasteiger partial charge in [0.25, 0.3) is 0 Å². The first kappa shape index (κ1) is 14.0. The van der Waals surface area contributed by atoms with Crippen molar-refractivity contribution in [3.05, 3.63) is 20.8 Å². The van der Waals surface area contributed by atoms with Crippen molar-refractivity contribution in [1.29, 1.82) is 0 Å². The summed E-state index contributed by atoms with van der Waals surface area (Å²) in [6, 6.07) is 1.55. The van der Waals surface area contributed by atoms with Crippen molar-refractivity contribution < 1.29 is 13.2 Å². The van der Waals surface area contributed by atoms with Gasteiger partial charge in [-0.05, 0) is 34.8 Å². The molecule has 0 aliphatic carbocycles. The predicted octanol–water partition coefficient (Wildman–Crippen LogP) is 3.23. The van der Waals surface area contributed by atoms with Crippen LogP contribution < -0.4 is 11.3 Å². The molecular formula is C9H12BrF3N2S. The predicted molar refractivity (Wildman–Crippen MR) is 62.1 cm³/mol. The van der Waals surface area contributed by atoms with Crippen molar-refractivity contribution in [3.63, 3.8) is 0 Å². The van der Waals surface area contributed by atoms with Crippen LogP contribution in [0.2, 0.25) is 0 Å². The third-order valence-electron chi connectivity index (χ3n) is 2.08. The number of hydrazine groups is 1. The molecule has 1 aromatic rings. The van der Waals surface area contributed by atoms with Gasteiger partial charge in [-0.2, -0.15) is 13.2 Å². The highest BCUT2D eigenvalue weighted by atomic mass is 79.9. The highest BCUT2D eigenvalue weighted by Gasteiger charge is 2.28. The fraction of sp³-hybridized carbons (Fsp3) is 0.556. The molecule has 0 aliphatic rings. The molecule has 7 heteroatoms. The summed E-state index contributed by atoms with van der Waals surface area (Å²) in [4.78, 5) is 1.01. The normalized spacial score (nSPS) is 14.1. The van der Waals surface area contributed by atoms with Gasteiger partial charge in [-0.25, -0.2) is 0 Å². The summed E-state index contributed by atoms with van der Waals surface area (Å²) >= 11 is 4.80. The SMILES string of the molecule is NNC(CCC(F)(F)F)Cc1cc(Br)cs1. The van der Waals surface area contributed by atoms with E-state index in [2.05, 4.69) is 21.4 Å². The highest BCUT2D eigenvalue weighted by molar-refractivity contribution is 9.10. The van der Waals surface area contributed by atoms with Crippen molar-refractivity contribution in [1.82, 2.24) is 5.43 Å². The van der Waals surface area contributed by atoms with Gasteiger partial charge >= 0.3 is 6.18 Å². The van der Waals surface area contributed by atoms with Gasteiger partial charge in [-0.1, -0.05) is 0 Å². The van der Waals surface area contributed by atoms with E-state index in [1.54, 1.807) is 0 Å². The van der Waals surface area contributed by atoms with Crippen LogP contribution in [0, 0.1) is 0 Å². The molecule has 0 saturated heterocycles.